The third kappa shape index (κ3) is 6.86. The van der Waals surface area contributed by atoms with Crippen LogP contribution in [0.25, 0.3) is 54.6 Å². The third-order valence-electron chi connectivity index (χ3n) is 12.9. The van der Waals surface area contributed by atoms with Gasteiger partial charge in [-0.3, -0.25) is 0 Å². The van der Waals surface area contributed by atoms with Gasteiger partial charge in [-0.25, -0.2) is 0 Å². The standard InChI is InChI=1S/C60H52N2/c1-39(2)43-23-28-48(29-24-43)61(47-20-14-9-15-21-47)57-37-55(45-16-10-7-11-17-45)51-33-35-54-58(38-56(46-18-12-8-13-19-46)52-32-34-53(57)59(51)60(52)54)62(50-27-22-41(5)42(6)36-50)49-30-25-44(26-31-49)40(3)4/h7-40H,1-6H3. The molecule has 0 aliphatic heterocycles. The van der Waals surface area contributed by atoms with Crippen molar-refractivity contribution in [1.82, 2.24) is 0 Å². The van der Waals surface area contributed by atoms with Gasteiger partial charge in [0.25, 0.3) is 0 Å². The molecular weight excluding hydrogens is 749 g/mol. The minimum Gasteiger partial charge on any atom is -0.310 e. The number of hydrogen-bond donors (Lipinski definition) is 0. The van der Waals surface area contributed by atoms with Crippen LogP contribution in [-0.4, -0.2) is 0 Å². The van der Waals surface area contributed by atoms with Crippen LogP contribution in [0.4, 0.5) is 34.1 Å². The average molecular weight is 801 g/mol. The summed E-state index contributed by atoms with van der Waals surface area (Å²) in [7, 11) is 0. The largest absolute Gasteiger partial charge is 0.310 e. The van der Waals surface area contributed by atoms with Crippen molar-refractivity contribution in [2.45, 2.75) is 53.4 Å². The molecule has 0 spiro atoms. The molecule has 0 N–H and O–H groups in total. The summed E-state index contributed by atoms with van der Waals surface area (Å²) in [5, 5.41) is 7.45. The average Bonchev–Trinajstić information content (AvgIpc) is 3.31. The zero-order valence-electron chi connectivity index (χ0n) is 36.5. The van der Waals surface area contributed by atoms with Gasteiger partial charge in [-0.15, -0.1) is 0 Å². The van der Waals surface area contributed by atoms with E-state index in [0.717, 1.165) is 34.1 Å². The molecule has 0 saturated carbocycles. The molecule has 0 fully saturated rings. The lowest BCUT2D eigenvalue weighted by molar-refractivity contribution is 0.866. The monoisotopic (exact) mass is 800 g/mol. The molecule has 0 aromatic heterocycles. The highest BCUT2D eigenvalue weighted by atomic mass is 15.1. The van der Waals surface area contributed by atoms with Gasteiger partial charge in [0.1, 0.15) is 0 Å². The van der Waals surface area contributed by atoms with Crippen molar-refractivity contribution < 1.29 is 0 Å². The first-order valence-electron chi connectivity index (χ1n) is 22.1. The maximum absolute atomic E-state index is 2.49. The number of nitrogens with zero attached hydrogens (tertiary/aromatic N) is 2. The summed E-state index contributed by atoms with van der Waals surface area (Å²) in [5.74, 6) is 0.882. The number of benzene rings is 10. The molecule has 0 atom stereocenters. The van der Waals surface area contributed by atoms with Crippen LogP contribution >= 0.6 is 0 Å². The van der Waals surface area contributed by atoms with E-state index >= 15 is 0 Å². The van der Waals surface area contributed by atoms with Crippen LogP contribution in [0.2, 0.25) is 0 Å². The van der Waals surface area contributed by atoms with Crippen molar-refractivity contribution in [3.8, 4) is 22.3 Å². The molecule has 0 aliphatic rings. The lowest BCUT2D eigenvalue weighted by atomic mass is 9.85. The summed E-state index contributed by atoms with van der Waals surface area (Å²) in [6, 6.07) is 72.4. The molecule has 0 radical (unpaired) electrons. The number of anilines is 6. The van der Waals surface area contributed by atoms with Gasteiger partial charge in [0.2, 0.25) is 0 Å². The molecule has 0 amide bonds. The molecule has 0 bridgehead atoms. The number of rotatable bonds is 10. The minimum atomic E-state index is 0.440. The van der Waals surface area contributed by atoms with E-state index in [1.165, 1.54) is 76.8 Å². The molecule has 0 heterocycles. The van der Waals surface area contributed by atoms with Crippen LogP contribution in [0.3, 0.4) is 0 Å². The van der Waals surface area contributed by atoms with Crippen LogP contribution in [0.15, 0.2) is 194 Å². The van der Waals surface area contributed by atoms with Crippen molar-refractivity contribution in [2.24, 2.45) is 0 Å². The van der Waals surface area contributed by atoms with Crippen molar-refractivity contribution in [1.29, 1.82) is 0 Å². The maximum Gasteiger partial charge on any atom is 0.0546 e. The summed E-state index contributed by atoms with van der Waals surface area (Å²) < 4.78 is 0. The van der Waals surface area contributed by atoms with E-state index in [2.05, 4.69) is 245 Å². The van der Waals surface area contributed by atoms with Crippen LogP contribution in [-0.2, 0) is 0 Å². The highest BCUT2D eigenvalue weighted by molar-refractivity contribution is 6.32. The second kappa shape index (κ2) is 16.0. The topological polar surface area (TPSA) is 6.48 Å². The van der Waals surface area contributed by atoms with Gasteiger partial charge in [0, 0.05) is 44.3 Å². The maximum atomic E-state index is 2.49. The summed E-state index contributed by atoms with van der Waals surface area (Å²) >= 11 is 0. The van der Waals surface area contributed by atoms with Gasteiger partial charge in [0.15, 0.2) is 0 Å². The first kappa shape index (κ1) is 39.0. The highest BCUT2D eigenvalue weighted by Crippen LogP contribution is 2.52. The van der Waals surface area contributed by atoms with Crippen molar-refractivity contribution in [3.05, 3.63) is 216 Å². The predicted octanol–water partition coefficient (Wildman–Crippen LogP) is 17.7. The Hall–Kier alpha value is -7.16. The number of aryl methyl sites for hydroxylation is 2. The molecule has 0 unspecified atom stereocenters. The van der Waals surface area contributed by atoms with Gasteiger partial charge >= 0.3 is 0 Å². The van der Waals surface area contributed by atoms with E-state index < -0.39 is 0 Å². The Balaban J connectivity index is 1.36. The van der Waals surface area contributed by atoms with E-state index in [4.69, 9.17) is 0 Å². The fourth-order valence-electron chi connectivity index (χ4n) is 9.35. The Morgan fingerprint density at radius 1 is 0.323 bits per heavy atom. The molecule has 10 rings (SSSR count). The first-order valence-corrected chi connectivity index (χ1v) is 22.1. The molecule has 10 aromatic carbocycles. The summed E-state index contributed by atoms with van der Waals surface area (Å²) in [6.07, 6.45) is 0. The molecule has 0 aliphatic carbocycles. The second-order valence-electron chi connectivity index (χ2n) is 17.5. The zero-order chi connectivity index (χ0) is 42.5. The SMILES string of the molecule is Cc1ccc(N(c2ccc(C(C)C)cc2)c2cc(-c3ccccc3)c3ccc4c(N(c5ccccc5)c5ccc(C(C)C)cc5)cc(-c5ccccc5)c5ccc2c3c54)cc1C. The minimum absolute atomic E-state index is 0.440. The molecular formula is C60H52N2. The van der Waals surface area contributed by atoms with Crippen LogP contribution in [0.1, 0.15) is 61.8 Å². The van der Waals surface area contributed by atoms with Crippen molar-refractivity contribution in [3.63, 3.8) is 0 Å². The lowest BCUT2D eigenvalue weighted by Crippen LogP contribution is -2.12. The Morgan fingerprint density at radius 3 is 1.11 bits per heavy atom. The van der Waals surface area contributed by atoms with E-state index in [-0.39, 0.29) is 0 Å². The van der Waals surface area contributed by atoms with Gasteiger partial charge < -0.3 is 9.80 Å². The van der Waals surface area contributed by atoms with E-state index in [1.54, 1.807) is 0 Å². The second-order valence-corrected chi connectivity index (χ2v) is 17.5. The molecule has 2 nitrogen and oxygen atoms in total. The van der Waals surface area contributed by atoms with Crippen molar-refractivity contribution >= 4 is 66.4 Å². The van der Waals surface area contributed by atoms with Gasteiger partial charge in [-0.05, 0) is 142 Å². The molecule has 302 valence electrons. The zero-order valence-corrected chi connectivity index (χ0v) is 36.5. The molecule has 62 heavy (non-hydrogen) atoms. The number of para-hydroxylation sites is 1. The van der Waals surface area contributed by atoms with Crippen LogP contribution in [0.5, 0.6) is 0 Å². The summed E-state index contributed by atoms with van der Waals surface area (Å²) in [5.41, 5.74) is 16.9. The lowest BCUT2D eigenvalue weighted by Gasteiger charge is -2.31. The van der Waals surface area contributed by atoms with Gasteiger partial charge in [-0.1, -0.05) is 161 Å². The smallest absolute Gasteiger partial charge is 0.0546 e. The molecule has 2 heteroatoms. The quantitative estimate of drug-likeness (QED) is 0.127. The fourth-order valence-corrected chi connectivity index (χ4v) is 9.35. The summed E-state index contributed by atoms with van der Waals surface area (Å²) in [4.78, 5) is 4.94. The van der Waals surface area contributed by atoms with E-state index in [1.807, 2.05) is 0 Å². The first-order chi connectivity index (χ1) is 30.2. The van der Waals surface area contributed by atoms with E-state index in [9.17, 15) is 0 Å². The Kier molecular flexibility index (Phi) is 10.1. The molecule has 10 aromatic rings. The predicted molar refractivity (Wildman–Crippen MR) is 268 cm³/mol. The Bertz CT molecular complexity index is 3170. The van der Waals surface area contributed by atoms with Crippen LogP contribution < -0.4 is 9.80 Å². The van der Waals surface area contributed by atoms with Gasteiger partial charge in [0.05, 0.1) is 11.4 Å². The highest BCUT2D eigenvalue weighted by Gasteiger charge is 2.26. The normalized spacial score (nSPS) is 11.7. The molecule has 0 saturated heterocycles. The van der Waals surface area contributed by atoms with Crippen molar-refractivity contribution in [2.75, 3.05) is 9.80 Å². The Morgan fingerprint density at radius 2 is 0.694 bits per heavy atom. The Labute approximate surface area is 366 Å². The van der Waals surface area contributed by atoms with Gasteiger partial charge in [-0.2, -0.15) is 0 Å². The summed E-state index contributed by atoms with van der Waals surface area (Å²) in [6.45, 7) is 13.5. The third-order valence-corrected chi connectivity index (χ3v) is 12.9. The van der Waals surface area contributed by atoms with Crippen LogP contribution in [0, 0.1) is 13.8 Å². The van der Waals surface area contributed by atoms with E-state index in [0.29, 0.717) is 11.8 Å². The number of hydrogen-bond acceptors (Lipinski definition) is 2. The fraction of sp³-hybridized carbons (Fsp3) is 0.133.